The van der Waals surface area contributed by atoms with E-state index in [1.807, 2.05) is 13.2 Å². The van der Waals surface area contributed by atoms with Gasteiger partial charge in [-0.15, -0.1) is 9.45 Å². The second-order valence-corrected chi connectivity index (χ2v) is 6.12. The molecule has 1 N–H and O–H groups in total. The number of hydrogen-bond acceptors (Lipinski definition) is 3. The highest BCUT2D eigenvalue weighted by Crippen LogP contribution is 2.23. The summed E-state index contributed by atoms with van der Waals surface area (Å²) in [5, 5.41) is 9.33. The number of ether oxygens (including phenoxy) is 1. The maximum atomic E-state index is 8.94. The summed E-state index contributed by atoms with van der Waals surface area (Å²) >= 11 is 5.17. The minimum Gasteiger partial charge on any atom is -0.394 e. The van der Waals surface area contributed by atoms with Crippen molar-refractivity contribution in [3.63, 3.8) is 0 Å². The van der Waals surface area contributed by atoms with Crippen molar-refractivity contribution >= 4 is 20.6 Å². The molecule has 0 bridgehead atoms. The maximum Gasteiger partial charge on any atom is 0.0931 e. The maximum absolute atomic E-state index is 8.94. The third kappa shape index (κ3) is 2.21. The molecule has 1 fully saturated rings. The Labute approximate surface area is 74.5 Å². The van der Waals surface area contributed by atoms with Gasteiger partial charge in [0.15, 0.2) is 0 Å². The monoisotopic (exact) mass is 194 g/mol. The molecule has 0 amide bonds. The van der Waals surface area contributed by atoms with Gasteiger partial charge >= 0.3 is 0 Å². The van der Waals surface area contributed by atoms with Crippen LogP contribution in [0.25, 0.3) is 0 Å². The third-order valence-electron chi connectivity index (χ3n) is 1.99. The van der Waals surface area contributed by atoms with Gasteiger partial charge in [-0.2, -0.15) is 0 Å². The minimum atomic E-state index is -0.0432. The molecule has 0 aromatic carbocycles. The Morgan fingerprint density at radius 2 is 2.36 bits per heavy atom. The summed E-state index contributed by atoms with van der Waals surface area (Å²) in [6.45, 7) is 2.15. The summed E-state index contributed by atoms with van der Waals surface area (Å²) in [6, 6.07) is 0. The van der Waals surface area contributed by atoms with Gasteiger partial charge in [0.25, 0.3) is 0 Å². The zero-order valence-electron chi connectivity index (χ0n) is 6.82. The summed E-state index contributed by atoms with van der Waals surface area (Å²) in [5.41, 5.74) is 0. The smallest absolute Gasteiger partial charge is 0.0931 e. The van der Waals surface area contributed by atoms with Crippen molar-refractivity contribution in [2.75, 3.05) is 12.9 Å². The molecule has 2 nitrogen and oxygen atoms in total. The molecule has 0 radical (unpaired) electrons. The van der Waals surface area contributed by atoms with Gasteiger partial charge in [-0.3, -0.25) is 0 Å². The molecule has 66 valence electrons. The van der Waals surface area contributed by atoms with E-state index in [0.717, 1.165) is 6.42 Å². The molecular formula is C7H14O2S2. The molecule has 11 heavy (non-hydrogen) atoms. The Kier molecular flexibility index (Phi) is 3.43. The quantitative estimate of drug-likeness (QED) is 0.682. The van der Waals surface area contributed by atoms with Crippen molar-refractivity contribution in [1.29, 1.82) is 0 Å². The fraction of sp³-hybridized carbons (Fsp3) is 1.00. The topological polar surface area (TPSA) is 29.5 Å². The van der Waals surface area contributed by atoms with Crippen LogP contribution in [0.4, 0.5) is 0 Å². The Morgan fingerprint density at radius 3 is 2.73 bits per heavy atom. The number of aliphatic hydroxyl groups excluding tert-OH is 1. The van der Waals surface area contributed by atoms with Crippen molar-refractivity contribution in [2.24, 2.45) is 0 Å². The molecule has 0 saturated carbocycles. The van der Waals surface area contributed by atoms with E-state index in [-0.39, 0.29) is 28.3 Å². The zero-order valence-corrected chi connectivity index (χ0v) is 8.45. The molecule has 1 aliphatic rings. The summed E-state index contributed by atoms with van der Waals surface area (Å²) in [6.07, 6.45) is 3.31. The second-order valence-electron chi connectivity index (χ2n) is 2.94. The van der Waals surface area contributed by atoms with Crippen LogP contribution in [-0.4, -0.2) is 35.4 Å². The van der Waals surface area contributed by atoms with Crippen LogP contribution in [0.3, 0.4) is 0 Å². The normalized spacial score (nSPS) is 40.8. The van der Waals surface area contributed by atoms with Gasteiger partial charge in [0.05, 0.1) is 18.8 Å². The van der Waals surface area contributed by atoms with E-state index < -0.39 is 0 Å². The highest BCUT2D eigenvalue weighted by Gasteiger charge is 2.32. The Bertz CT molecular complexity index is 161. The van der Waals surface area contributed by atoms with Gasteiger partial charge in [-0.05, 0) is 19.6 Å². The molecule has 1 rings (SSSR count). The van der Waals surface area contributed by atoms with Gasteiger partial charge < -0.3 is 9.84 Å². The summed E-state index contributed by atoms with van der Waals surface area (Å²) in [5.74, 6) is 0. The van der Waals surface area contributed by atoms with Crippen molar-refractivity contribution in [3.8, 4) is 0 Å². The molecule has 1 heterocycles. The van der Waals surface area contributed by atoms with Crippen LogP contribution >= 0.6 is 0 Å². The zero-order chi connectivity index (χ0) is 8.43. The van der Waals surface area contributed by atoms with E-state index >= 15 is 0 Å². The van der Waals surface area contributed by atoms with E-state index in [1.54, 1.807) is 0 Å². The predicted molar refractivity (Wildman–Crippen MR) is 50.5 cm³/mol. The largest absolute Gasteiger partial charge is 0.394 e. The highest BCUT2D eigenvalue weighted by atomic mass is 32.8. The fourth-order valence-electron chi connectivity index (χ4n) is 1.43. The number of rotatable bonds is 2. The summed E-state index contributed by atoms with van der Waals surface area (Å²) < 4.78 is 5.47. The molecule has 1 unspecified atom stereocenters. The van der Waals surface area contributed by atoms with E-state index in [9.17, 15) is 0 Å². The fourth-order valence-corrected chi connectivity index (χ4v) is 3.16. The van der Waals surface area contributed by atoms with Crippen molar-refractivity contribution in [2.45, 2.75) is 30.8 Å². The SMILES string of the molecule is C[C@H]1C[C@@H](S(C)=S)[C@@H](CO)O1. The van der Waals surface area contributed by atoms with Gasteiger partial charge in [-0.25, -0.2) is 0 Å². The van der Waals surface area contributed by atoms with Crippen LogP contribution in [0.5, 0.6) is 0 Å². The van der Waals surface area contributed by atoms with Crippen molar-refractivity contribution in [3.05, 3.63) is 0 Å². The lowest BCUT2D eigenvalue weighted by Crippen LogP contribution is -2.28. The van der Waals surface area contributed by atoms with E-state index in [1.165, 1.54) is 0 Å². The van der Waals surface area contributed by atoms with Crippen molar-refractivity contribution in [1.82, 2.24) is 0 Å². The van der Waals surface area contributed by atoms with Crippen molar-refractivity contribution < 1.29 is 9.84 Å². The molecule has 4 heteroatoms. The molecule has 0 aliphatic carbocycles. The molecule has 4 atom stereocenters. The summed E-state index contributed by atoms with van der Waals surface area (Å²) in [7, 11) is -0.0432. The number of aliphatic hydroxyl groups is 1. The van der Waals surface area contributed by atoms with E-state index in [0.29, 0.717) is 5.25 Å². The lowest BCUT2D eigenvalue weighted by Gasteiger charge is -2.14. The molecule has 0 aromatic heterocycles. The minimum absolute atomic E-state index is 0.00386. The van der Waals surface area contributed by atoms with Crippen LogP contribution in [-0.2, 0) is 25.4 Å². The van der Waals surface area contributed by atoms with E-state index in [4.69, 9.17) is 21.0 Å². The average Bonchev–Trinajstić information content (AvgIpc) is 2.30. The predicted octanol–water partition coefficient (Wildman–Crippen LogP) is 0.235. The first kappa shape index (κ1) is 9.58. The molecular weight excluding hydrogens is 180 g/mol. The van der Waals surface area contributed by atoms with Gasteiger partial charge in [-0.1, -0.05) is 11.2 Å². The first-order valence-corrected chi connectivity index (χ1v) is 6.35. The molecule has 1 aliphatic heterocycles. The molecule has 0 spiro atoms. The van der Waals surface area contributed by atoms with Crippen LogP contribution in [0, 0.1) is 0 Å². The van der Waals surface area contributed by atoms with Crippen LogP contribution in [0.1, 0.15) is 13.3 Å². The lowest BCUT2D eigenvalue weighted by atomic mass is 10.2. The van der Waals surface area contributed by atoms with Crippen LogP contribution < -0.4 is 0 Å². The van der Waals surface area contributed by atoms with E-state index in [2.05, 4.69) is 0 Å². The summed E-state index contributed by atoms with van der Waals surface area (Å²) in [4.78, 5) is 0. The molecule has 1 saturated heterocycles. The lowest BCUT2D eigenvalue weighted by molar-refractivity contribution is 0.0212. The Balaban J connectivity index is 2.57. The Morgan fingerprint density at radius 1 is 1.73 bits per heavy atom. The molecule has 0 aromatic rings. The highest BCUT2D eigenvalue weighted by molar-refractivity contribution is 8.28. The third-order valence-corrected chi connectivity index (χ3v) is 4.08. The van der Waals surface area contributed by atoms with Gasteiger partial charge in [0, 0.05) is 5.25 Å². The van der Waals surface area contributed by atoms with Crippen LogP contribution in [0.15, 0.2) is 0 Å². The first-order chi connectivity index (χ1) is 5.15. The van der Waals surface area contributed by atoms with Gasteiger partial charge in [0.1, 0.15) is 0 Å². The van der Waals surface area contributed by atoms with Gasteiger partial charge in [0.2, 0.25) is 0 Å². The second kappa shape index (κ2) is 3.94. The first-order valence-electron chi connectivity index (χ1n) is 3.73. The average molecular weight is 194 g/mol. The number of hydrogen-bond donors (Lipinski definition) is 1. The standard InChI is InChI=1S/C7H14O2S2/c1-5-3-7(11(2)10)6(4-8)9-5/h5-8H,3-4H2,1-2H3/t5-,6+,7+,11?/m0/s1. The Hall–Kier alpha value is 0.490. The van der Waals surface area contributed by atoms with Crippen LogP contribution in [0.2, 0.25) is 0 Å².